The van der Waals surface area contributed by atoms with Gasteiger partial charge in [-0.25, -0.2) is 4.98 Å². The van der Waals surface area contributed by atoms with Crippen molar-refractivity contribution in [2.45, 2.75) is 32.1 Å². The molecule has 0 aliphatic rings. The van der Waals surface area contributed by atoms with Gasteiger partial charge in [-0.3, -0.25) is 9.59 Å². The van der Waals surface area contributed by atoms with Crippen molar-refractivity contribution < 1.29 is 14.3 Å². The van der Waals surface area contributed by atoms with E-state index in [1.54, 1.807) is 0 Å². The summed E-state index contributed by atoms with van der Waals surface area (Å²) in [5.74, 6) is -0.215. The van der Waals surface area contributed by atoms with Gasteiger partial charge in [-0.05, 0) is 25.0 Å². The second-order valence-electron chi connectivity index (χ2n) is 5.57. The average molecular weight is 425 g/mol. The van der Waals surface area contributed by atoms with E-state index < -0.39 is 0 Å². The molecular formula is C18H21BrN2O3S. The lowest BCUT2D eigenvalue weighted by Crippen LogP contribution is -2.26. The summed E-state index contributed by atoms with van der Waals surface area (Å²) in [5, 5.41) is 5.73. The number of hydrogen-bond acceptors (Lipinski definition) is 5. The summed E-state index contributed by atoms with van der Waals surface area (Å²) in [6.45, 7) is 0.614. The number of thiazole rings is 1. The number of methoxy groups -OCH3 is 1. The number of aromatic nitrogens is 1. The van der Waals surface area contributed by atoms with Gasteiger partial charge < -0.3 is 10.1 Å². The van der Waals surface area contributed by atoms with E-state index in [9.17, 15) is 9.59 Å². The standard InChI is InChI=1S/C18H21BrN2O3S/c1-24-17(23)8-3-2-4-9-20-16(22)11-15-12-25-18(21-15)13-6-5-7-14(19)10-13/h5-7,10,12H,2-4,8-9,11H2,1H3,(H,20,22). The van der Waals surface area contributed by atoms with E-state index in [-0.39, 0.29) is 18.3 Å². The zero-order valence-corrected chi connectivity index (χ0v) is 16.5. The lowest BCUT2D eigenvalue weighted by molar-refractivity contribution is -0.140. The molecule has 0 radical (unpaired) electrons. The molecule has 1 heterocycles. The van der Waals surface area contributed by atoms with Gasteiger partial charge in [0, 0.05) is 28.4 Å². The van der Waals surface area contributed by atoms with E-state index in [0.29, 0.717) is 13.0 Å². The highest BCUT2D eigenvalue weighted by Gasteiger charge is 2.09. The van der Waals surface area contributed by atoms with Gasteiger partial charge in [0.05, 0.1) is 19.2 Å². The van der Waals surface area contributed by atoms with Crippen LogP contribution >= 0.6 is 27.3 Å². The van der Waals surface area contributed by atoms with Crippen molar-refractivity contribution in [2.75, 3.05) is 13.7 Å². The first-order valence-corrected chi connectivity index (χ1v) is 9.79. The molecule has 0 aliphatic heterocycles. The van der Waals surface area contributed by atoms with Crippen LogP contribution in [0.5, 0.6) is 0 Å². The first kappa shape index (κ1) is 19.6. The minimum absolute atomic E-state index is 0.0286. The number of carbonyl (C=O) groups is 2. The predicted octanol–water partition coefficient (Wildman–Crippen LogP) is 3.96. The summed E-state index contributed by atoms with van der Waals surface area (Å²) in [6, 6.07) is 7.95. The normalized spacial score (nSPS) is 10.5. The Hall–Kier alpha value is -1.73. The fourth-order valence-corrected chi connectivity index (χ4v) is 3.49. The number of ether oxygens (including phenoxy) is 1. The number of unbranched alkanes of at least 4 members (excludes halogenated alkanes) is 2. The van der Waals surface area contributed by atoms with Crippen molar-refractivity contribution in [3.8, 4) is 10.6 Å². The van der Waals surface area contributed by atoms with Crippen molar-refractivity contribution >= 4 is 39.1 Å². The first-order valence-electron chi connectivity index (χ1n) is 8.12. The Morgan fingerprint density at radius 3 is 2.88 bits per heavy atom. The van der Waals surface area contributed by atoms with Crippen LogP contribution in [-0.2, 0) is 20.7 Å². The number of amides is 1. The second kappa shape index (κ2) is 10.3. The molecular weight excluding hydrogens is 404 g/mol. The van der Waals surface area contributed by atoms with Crippen LogP contribution in [-0.4, -0.2) is 30.5 Å². The van der Waals surface area contributed by atoms with E-state index in [2.05, 4.69) is 31.0 Å². The van der Waals surface area contributed by atoms with Gasteiger partial charge >= 0.3 is 5.97 Å². The number of carbonyl (C=O) groups excluding carboxylic acids is 2. The molecule has 0 saturated carbocycles. The molecule has 134 valence electrons. The van der Waals surface area contributed by atoms with Gasteiger partial charge in [-0.2, -0.15) is 0 Å². The Labute approximate surface area is 159 Å². The minimum atomic E-state index is -0.186. The molecule has 0 aliphatic carbocycles. The molecule has 2 aromatic rings. The van der Waals surface area contributed by atoms with E-state index in [0.717, 1.165) is 40.0 Å². The predicted molar refractivity (Wildman–Crippen MR) is 102 cm³/mol. The number of halogens is 1. The summed E-state index contributed by atoms with van der Waals surface area (Å²) in [7, 11) is 1.39. The Kier molecular flexibility index (Phi) is 8.08. The van der Waals surface area contributed by atoms with Crippen LogP contribution in [0.2, 0.25) is 0 Å². The maximum absolute atomic E-state index is 12.0. The summed E-state index contributed by atoms with van der Waals surface area (Å²) in [4.78, 5) is 27.5. The molecule has 7 heteroatoms. The van der Waals surface area contributed by atoms with Gasteiger partial charge in [0.1, 0.15) is 5.01 Å². The number of benzene rings is 1. The lowest BCUT2D eigenvalue weighted by Gasteiger charge is -2.04. The van der Waals surface area contributed by atoms with Crippen LogP contribution in [0.1, 0.15) is 31.4 Å². The Balaban J connectivity index is 1.70. The number of hydrogen-bond donors (Lipinski definition) is 1. The zero-order chi connectivity index (χ0) is 18.1. The van der Waals surface area contributed by atoms with Crippen molar-refractivity contribution in [1.29, 1.82) is 0 Å². The van der Waals surface area contributed by atoms with E-state index >= 15 is 0 Å². The highest BCUT2D eigenvalue weighted by atomic mass is 79.9. The first-order chi connectivity index (χ1) is 12.1. The molecule has 0 unspecified atom stereocenters. The molecule has 0 fully saturated rings. The number of rotatable bonds is 9. The van der Waals surface area contributed by atoms with Crippen molar-refractivity contribution in [2.24, 2.45) is 0 Å². The second-order valence-corrected chi connectivity index (χ2v) is 7.34. The van der Waals surface area contributed by atoms with Gasteiger partial charge in [-0.1, -0.05) is 34.5 Å². The summed E-state index contributed by atoms with van der Waals surface area (Å²) < 4.78 is 5.59. The highest BCUT2D eigenvalue weighted by Crippen LogP contribution is 2.26. The molecule has 0 saturated heterocycles. The maximum atomic E-state index is 12.0. The van der Waals surface area contributed by atoms with Crippen molar-refractivity contribution in [1.82, 2.24) is 10.3 Å². The van der Waals surface area contributed by atoms with Gasteiger partial charge in [0.15, 0.2) is 0 Å². The fraction of sp³-hybridized carbons (Fsp3) is 0.389. The van der Waals surface area contributed by atoms with Crippen LogP contribution < -0.4 is 5.32 Å². The van der Waals surface area contributed by atoms with E-state index in [1.165, 1.54) is 18.4 Å². The Morgan fingerprint density at radius 1 is 1.28 bits per heavy atom. The average Bonchev–Trinajstić information content (AvgIpc) is 3.06. The van der Waals surface area contributed by atoms with E-state index in [1.807, 2.05) is 29.6 Å². The number of esters is 1. The van der Waals surface area contributed by atoms with Crippen LogP contribution in [0.4, 0.5) is 0 Å². The third kappa shape index (κ3) is 6.96. The Bertz CT molecular complexity index is 718. The largest absolute Gasteiger partial charge is 0.469 e. The lowest BCUT2D eigenvalue weighted by atomic mass is 10.2. The Morgan fingerprint density at radius 2 is 2.12 bits per heavy atom. The minimum Gasteiger partial charge on any atom is -0.469 e. The quantitative estimate of drug-likeness (QED) is 0.488. The molecule has 5 nitrogen and oxygen atoms in total. The monoisotopic (exact) mass is 424 g/mol. The number of nitrogens with zero attached hydrogens (tertiary/aromatic N) is 1. The smallest absolute Gasteiger partial charge is 0.305 e. The summed E-state index contributed by atoms with van der Waals surface area (Å²) in [6.07, 6.45) is 3.24. The molecule has 1 aromatic heterocycles. The molecule has 1 amide bonds. The van der Waals surface area contributed by atoms with Gasteiger partial charge in [0.25, 0.3) is 0 Å². The topological polar surface area (TPSA) is 68.3 Å². The zero-order valence-electron chi connectivity index (χ0n) is 14.1. The fourth-order valence-electron chi connectivity index (χ4n) is 2.27. The van der Waals surface area contributed by atoms with Gasteiger partial charge in [0.2, 0.25) is 5.91 Å². The molecule has 2 rings (SSSR count). The molecule has 0 atom stereocenters. The SMILES string of the molecule is COC(=O)CCCCCNC(=O)Cc1csc(-c2cccc(Br)c2)n1. The number of nitrogens with one attached hydrogen (secondary N) is 1. The van der Waals surface area contributed by atoms with E-state index in [4.69, 9.17) is 0 Å². The summed E-state index contributed by atoms with van der Waals surface area (Å²) >= 11 is 4.99. The molecule has 0 bridgehead atoms. The maximum Gasteiger partial charge on any atom is 0.305 e. The summed E-state index contributed by atoms with van der Waals surface area (Å²) in [5.41, 5.74) is 1.82. The molecule has 25 heavy (non-hydrogen) atoms. The van der Waals surface area contributed by atoms with Crippen LogP contribution in [0.15, 0.2) is 34.1 Å². The van der Waals surface area contributed by atoms with Crippen molar-refractivity contribution in [3.05, 3.63) is 39.8 Å². The van der Waals surface area contributed by atoms with Gasteiger partial charge in [-0.15, -0.1) is 11.3 Å². The van der Waals surface area contributed by atoms with Crippen LogP contribution in [0, 0.1) is 0 Å². The third-order valence-electron chi connectivity index (χ3n) is 3.57. The molecule has 0 spiro atoms. The van der Waals surface area contributed by atoms with Crippen LogP contribution in [0.3, 0.4) is 0 Å². The highest BCUT2D eigenvalue weighted by molar-refractivity contribution is 9.10. The van der Waals surface area contributed by atoms with Crippen LogP contribution in [0.25, 0.3) is 10.6 Å². The van der Waals surface area contributed by atoms with Crippen molar-refractivity contribution in [3.63, 3.8) is 0 Å². The third-order valence-corrected chi connectivity index (χ3v) is 5.01. The molecule has 1 aromatic carbocycles. The molecule has 1 N–H and O–H groups in total.